The molecule has 0 fully saturated rings. The van der Waals surface area contributed by atoms with E-state index < -0.39 is 11.5 Å². The summed E-state index contributed by atoms with van der Waals surface area (Å²) in [4.78, 5) is 27.0. The van der Waals surface area contributed by atoms with Crippen LogP contribution in [0.4, 0.5) is 0 Å². The van der Waals surface area contributed by atoms with Crippen LogP contribution in [-0.4, -0.2) is 47.1 Å². The predicted molar refractivity (Wildman–Crippen MR) is 87.6 cm³/mol. The van der Waals surface area contributed by atoms with Crippen LogP contribution in [0.1, 0.15) is 60.7 Å². The fraction of sp³-hybridized carbons (Fsp3) is 0.588. The van der Waals surface area contributed by atoms with E-state index in [2.05, 4.69) is 5.10 Å². The number of carbonyl (C=O) groups excluding carboxylic acids is 2. The lowest BCUT2D eigenvalue weighted by Crippen LogP contribution is -2.29. The molecule has 1 aliphatic carbocycles. The van der Waals surface area contributed by atoms with Crippen molar-refractivity contribution < 1.29 is 14.3 Å². The van der Waals surface area contributed by atoms with Gasteiger partial charge in [0.1, 0.15) is 5.69 Å². The second kappa shape index (κ2) is 6.18. The zero-order chi connectivity index (χ0) is 17.4. The number of aromatic nitrogens is 2. The Morgan fingerprint density at radius 2 is 2.00 bits per heavy atom. The van der Waals surface area contributed by atoms with Gasteiger partial charge in [-0.15, -0.1) is 0 Å². The quantitative estimate of drug-likeness (QED) is 0.632. The third-order valence-corrected chi connectivity index (χ3v) is 3.65. The summed E-state index contributed by atoms with van der Waals surface area (Å²) in [5.41, 5.74) is 1.84. The molecule has 0 aromatic carbocycles. The van der Waals surface area contributed by atoms with Gasteiger partial charge in [0, 0.05) is 31.4 Å². The van der Waals surface area contributed by atoms with Crippen molar-refractivity contribution in [1.29, 1.82) is 0 Å². The molecule has 0 spiro atoms. The number of ether oxygens (including phenoxy) is 1. The Labute approximate surface area is 137 Å². The Morgan fingerprint density at radius 1 is 1.35 bits per heavy atom. The van der Waals surface area contributed by atoms with Gasteiger partial charge in [-0.2, -0.15) is 5.10 Å². The number of allylic oxidation sites excluding steroid dienone is 1. The van der Waals surface area contributed by atoms with Gasteiger partial charge in [-0.25, -0.2) is 4.79 Å². The first-order valence-corrected chi connectivity index (χ1v) is 7.88. The van der Waals surface area contributed by atoms with Gasteiger partial charge >= 0.3 is 5.97 Å². The lowest BCUT2D eigenvalue weighted by molar-refractivity contribution is 0.0516. The fourth-order valence-electron chi connectivity index (χ4n) is 2.73. The van der Waals surface area contributed by atoms with Crippen LogP contribution >= 0.6 is 0 Å². The fourth-order valence-corrected chi connectivity index (χ4v) is 2.73. The second-order valence-corrected chi connectivity index (χ2v) is 6.93. The molecule has 1 aliphatic rings. The van der Waals surface area contributed by atoms with Gasteiger partial charge in [0.25, 0.3) is 0 Å². The number of hydrogen-bond acceptors (Lipinski definition) is 5. The van der Waals surface area contributed by atoms with Crippen LogP contribution in [0.5, 0.6) is 0 Å². The van der Waals surface area contributed by atoms with E-state index in [0.29, 0.717) is 24.1 Å². The summed E-state index contributed by atoms with van der Waals surface area (Å²) in [6.45, 7) is 7.94. The van der Waals surface area contributed by atoms with Gasteiger partial charge in [0.15, 0.2) is 5.69 Å². The van der Waals surface area contributed by atoms with Crippen LogP contribution in [0.15, 0.2) is 11.8 Å². The van der Waals surface area contributed by atoms with E-state index in [1.54, 1.807) is 11.6 Å². The van der Waals surface area contributed by atoms with E-state index >= 15 is 0 Å². The van der Waals surface area contributed by atoms with Crippen molar-refractivity contribution in [1.82, 2.24) is 14.7 Å². The van der Waals surface area contributed by atoms with Gasteiger partial charge in [-0.05, 0) is 40.5 Å². The van der Waals surface area contributed by atoms with E-state index in [4.69, 9.17) is 4.74 Å². The van der Waals surface area contributed by atoms with Crippen LogP contribution in [0.2, 0.25) is 0 Å². The number of esters is 1. The van der Waals surface area contributed by atoms with Crippen molar-refractivity contribution in [2.24, 2.45) is 0 Å². The smallest absolute Gasteiger partial charge is 0.359 e. The molecule has 6 nitrogen and oxygen atoms in total. The minimum absolute atomic E-state index is 0.0575. The first-order chi connectivity index (χ1) is 10.7. The number of Topliss-reactive ketones (excluding diaryl/α,β-unsaturated/α-hetero) is 1. The van der Waals surface area contributed by atoms with Crippen LogP contribution in [0.25, 0.3) is 0 Å². The monoisotopic (exact) mass is 319 g/mol. The molecular weight excluding hydrogens is 294 g/mol. The zero-order valence-corrected chi connectivity index (χ0v) is 14.8. The number of hydrogen-bond donors (Lipinski definition) is 0. The second-order valence-electron chi connectivity index (χ2n) is 6.93. The minimum atomic E-state index is -0.459. The maximum atomic E-state index is 12.9. The first kappa shape index (κ1) is 17.2. The molecule has 1 aromatic heterocycles. The van der Waals surface area contributed by atoms with Crippen LogP contribution < -0.4 is 0 Å². The molecule has 1 heterocycles. The Balaban J connectivity index is 2.61. The van der Waals surface area contributed by atoms with Crippen molar-refractivity contribution in [2.45, 2.75) is 46.1 Å². The topological polar surface area (TPSA) is 64.4 Å². The van der Waals surface area contributed by atoms with Crippen LogP contribution in [-0.2, 0) is 16.7 Å². The number of rotatable bonds is 3. The largest absolute Gasteiger partial charge is 0.461 e. The molecule has 0 N–H and O–H groups in total. The molecule has 0 amide bonds. The van der Waals surface area contributed by atoms with Crippen LogP contribution in [0, 0.1) is 0 Å². The molecule has 0 saturated heterocycles. The highest BCUT2D eigenvalue weighted by Gasteiger charge is 2.36. The zero-order valence-electron chi connectivity index (χ0n) is 14.8. The van der Waals surface area contributed by atoms with E-state index in [-0.39, 0.29) is 18.1 Å². The van der Waals surface area contributed by atoms with Crippen molar-refractivity contribution in [2.75, 3.05) is 20.7 Å². The Morgan fingerprint density at radius 3 is 2.52 bits per heavy atom. The van der Waals surface area contributed by atoms with Gasteiger partial charge in [0.2, 0.25) is 5.78 Å². The van der Waals surface area contributed by atoms with Gasteiger partial charge in [0.05, 0.1) is 12.1 Å². The van der Waals surface area contributed by atoms with Crippen molar-refractivity contribution in [3.8, 4) is 0 Å². The summed E-state index contributed by atoms with van der Waals surface area (Å²) in [6.07, 6.45) is 3.06. The Bertz CT molecular complexity index is 663. The molecule has 0 aliphatic heterocycles. The highest BCUT2D eigenvalue weighted by molar-refractivity contribution is 6.11. The summed E-state index contributed by atoms with van der Waals surface area (Å²) >= 11 is 0. The number of fused-ring (bicyclic) bond motifs is 1. The number of carbonyl (C=O) groups is 2. The molecule has 23 heavy (non-hydrogen) atoms. The van der Waals surface area contributed by atoms with E-state index in [1.165, 1.54) is 0 Å². The maximum Gasteiger partial charge on any atom is 0.359 e. The first-order valence-electron chi connectivity index (χ1n) is 7.88. The van der Waals surface area contributed by atoms with Gasteiger partial charge in [-0.1, -0.05) is 0 Å². The molecule has 0 atom stereocenters. The molecule has 0 radical (unpaired) electrons. The lowest BCUT2D eigenvalue weighted by atomic mass is 9.90. The van der Waals surface area contributed by atoms with Crippen LogP contribution in [0.3, 0.4) is 0 Å². The SMILES string of the molecule is CCOC(=O)c1nn(C(C)(C)C)c2c1CC/C(=C\N(C)C)C2=O. The standard InChI is InChI=1S/C17H25N3O3/c1-7-23-16(22)13-12-9-8-11(10-19(5)6)15(21)14(12)20(18-13)17(2,3)4/h10H,7-9H2,1-6H3/b11-10+. The van der Waals surface area contributed by atoms with Gasteiger partial charge < -0.3 is 9.64 Å². The van der Waals surface area contributed by atoms with Crippen molar-refractivity contribution in [3.05, 3.63) is 28.7 Å². The summed E-state index contributed by atoms with van der Waals surface area (Å²) in [5.74, 6) is -0.516. The highest BCUT2D eigenvalue weighted by atomic mass is 16.5. The number of ketones is 1. The van der Waals surface area contributed by atoms with Crippen molar-refractivity contribution in [3.63, 3.8) is 0 Å². The normalized spacial score (nSPS) is 16.4. The lowest BCUT2D eigenvalue weighted by Gasteiger charge is -2.24. The molecule has 0 bridgehead atoms. The third kappa shape index (κ3) is 3.30. The minimum Gasteiger partial charge on any atom is -0.461 e. The highest BCUT2D eigenvalue weighted by Crippen LogP contribution is 2.31. The number of nitrogens with zero attached hydrogens (tertiary/aromatic N) is 3. The predicted octanol–water partition coefficient (Wildman–Crippen LogP) is 2.39. The maximum absolute atomic E-state index is 12.9. The molecule has 0 saturated carbocycles. The molecule has 6 heteroatoms. The average molecular weight is 319 g/mol. The molecule has 1 aromatic rings. The van der Waals surface area contributed by atoms with Gasteiger partial charge in [-0.3, -0.25) is 9.48 Å². The Kier molecular flexibility index (Phi) is 4.63. The average Bonchev–Trinajstić information content (AvgIpc) is 2.82. The summed E-state index contributed by atoms with van der Waals surface area (Å²) in [6, 6.07) is 0. The van der Waals surface area contributed by atoms with Crippen molar-refractivity contribution >= 4 is 11.8 Å². The Hall–Kier alpha value is -2.11. The van der Waals surface area contributed by atoms with E-state index in [0.717, 1.165) is 5.57 Å². The summed E-state index contributed by atoms with van der Waals surface area (Å²) in [5, 5.41) is 4.43. The summed E-state index contributed by atoms with van der Waals surface area (Å²) in [7, 11) is 3.78. The summed E-state index contributed by atoms with van der Waals surface area (Å²) < 4.78 is 6.76. The third-order valence-electron chi connectivity index (χ3n) is 3.65. The molecule has 2 rings (SSSR count). The van der Waals surface area contributed by atoms with E-state index in [1.807, 2.05) is 46.0 Å². The molecule has 126 valence electrons. The van der Waals surface area contributed by atoms with E-state index in [9.17, 15) is 9.59 Å². The molecular formula is C17H25N3O3. The molecule has 0 unspecified atom stereocenters.